The first-order chi connectivity index (χ1) is 6.75. The predicted octanol–water partition coefficient (Wildman–Crippen LogP) is 3.46. The summed E-state index contributed by atoms with van der Waals surface area (Å²) in [7, 11) is 0. The third-order valence-electron chi connectivity index (χ3n) is 2.41. The fourth-order valence-corrected chi connectivity index (χ4v) is 3.51. The van der Waals surface area contributed by atoms with E-state index >= 15 is 0 Å². The Hall–Kier alpha value is -0.220. The number of anilines is 1. The van der Waals surface area contributed by atoms with E-state index in [9.17, 15) is 0 Å². The molecule has 76 valence electrons. The second kappa shape index (κ2) is 4.53. The molecule has 0 aliphatic heterocycles. The maximum atomic E-state index is 5.63. The minimum absolute atomic E-state index is 0.715. The van der Waals surface area contributed by atoms with Crippen molar-refractivity contribution in [1.29, 1.82) is 0 Å². The second-order valence-electron chi connectivity index (χ2n) is 3.58. The molecule has 1 fully saturated rings. The molecule has 2 nitrogen and oxygen atoms in total. The molecule has 2 rings (SSSR count). The van der Waals surface area contributed by atoms with E-state index in [0.717, 1.165) is 14.7 Å². The lowest BCUT2D eigenvalue weighted by Crippen LogP contribution is -1.96. The smallest absolute Gasteiger partial charge is 0.111 e. The van der Waals surface area contributed by atoms with Crippen LogP contribution >= 0.6 is 27.7 Å². The van der Waals surface area contributed by atoms with Gasteiger partial charge in [0.25, 0.3) is 0 Å². The van der Waals surface area contributed by atoms with E-state index in [0.29, 0.717) is 5.69 Å². The van der Waals surface area contributed by atoms with Crippen molar-refractivity contribution in [3.05, 3.63) is 16.7 Å². The second-order valence-corrected chi connectivity index (χ2v) is 5.72. The van der Waals surface area contributed by atoms with E-state index < -0.39 is 0 Å². The summed E-state index contributed by atoms with van der Waals surface area (Å²) in [5.74, 6) is 0. The summed E-state index contributed by atoms with van der Waals surface area (Å²) in [6, 6.07) is 1.92. The monoisotopic (exact) mass is 272 g/mol. The van der Waals surface area contributed by atoms with Crippen molar-refractivity contribution in [2.24, 2.45) is 0 Å². The zero-order valence-electron chi connectivity index (χ0n) is 7.87. The fraction of sp³-hybridized carbons (Fsp3) is 0.500. The molecule has 1 heterocycles. The summed E-state index contributed by atoms with van der Waals surface area (Å²) in [5.41, 5.74) is 6.35. The van der Waals surface area contributed by atoms with Crippen LogP contribution in [-0.4, -0.2) is 10.2 Å². The van der Waals surface area contributed by atoms with Crippen molar-refractivity contribution in [2.75, 3.05) is 5.73 Å². The molecule has 1 aliphatic rings. The first kappa shape index (κ1) is 10.3. The fourth-order valence-electron chi connectivity index (χ4n) is 1.69. The van der Waals surface area contributed by atoms with Gasteiger partial charge in [-0.3, -0.25) is 0 Å². The number of nitrogens with two attached hydrogens (primary N) is 1. The lowest BCUT2D eigenvalue weighted by molar-refractivity contribution is 0.886. The van der Waals surface area contributed by atoms with Crippen LogP contribution in [0.4, 0.5) is 5.69 Å². The lowest BCUT2D eigenvalue weighted by Gasteiger charge is -2.09. The van der Waals surface area contributed by atoms with Crippen LogP contribution in [0.15, 0.2) is 21.8 Å². The number of nitrogens with zero attached hydrogens (tertiary/aromatic N) is 1. The number of rotatable bonds is 2. The maximum Gasteiger partial charge on any atom is 0.111 e. The van der Waals surface area contributed by atoms with Crippen LogP contribution in [0.2, 0.25) is 0 Å². The van der Waals surface area contributed by atoms with E-state index in [1.165, 1.54) is 25.7 Å². The van der Waals surface area contributed by atoms with Gasteiger partial charge in [0.05, 0.1) is 16.4 Å². The van der Waals surface area contributed by atoms with Gasteiger partial charge in [0, 0.05) is 5.25 Å². The normalized spacial score (nSPS) is 17.5. The van der Waals surface area contributed by atoms with Crippen LogP contribution in [0.1, 0.15) is 25.7 Å². The molecule has 14 heavy (non-hydrogen) atoms. The van der Waals surface area contributed by atoms with Crippen molar-refractivity contribution in [1.82, 2.24) is 4.98 Å². The van der Waals surface area contributed by atoms with Gasteiger partial charge in [0.15, 0.2) is 0 Å². The van der Waals surface area contributed by atoms with Crippen LogP contribution < -0.4 is 5.73 Å². The highest BCUT2D eigenvalue weighted by Gasteiger charge is 2.17. The lowest BCUT2D eigenvalue weighted by atomic mass is 10.4. The maximum absolute atomic E-state index is 5.63. The Labute approximate surface area is 96.8 Å². The number of hydrogen-bond donors (Lipinski definition) is 1. The Balaban J connectivity index is 2.08. The molecule has 0 unspecified atom stereocenters. The van der Waals surface area contributed by atoms with Gasteiger partial charge in [-0.1, -0.05) is 12.8 Å². The third-order valence-corrected chi connectivity index (χ3v) is 4.63. The van der Waals surface area contributed by atoms with Gasteiger partial charge in [0.1, 0.15) is 5.03 Å². The molecule has 0 saturated heterocycles. The molecule has 1 aromatic heterocycles. The van der Waals surface area contributed by atoms with Crippen molar-refractivity contribution in [2.45, 2.75) is 36.0 Å². The molecule has 2 N–H and O–H groups in total. The van der Waals surface area contributed by atoms with Crippen LogP contribution in [-0.2, 0) is 0 Å². The molecule has 1 aromatic rings. The predicted molar refractivity (Wildman–Crippen MR) is 64.5 cm³/mol. The number of aromatic nitrogens is 1. The van der Waals surface area contributed by atoms with Gasteiger partial charge < -0.3 is 5.73 Å². The summed E-state index contributed by atoms with van der Waals surface area (Å²) >= 11 is 5.36. The highest BCUT2D eigenvalue weighted by Crippen LogP contribution is 2.37. The van der Waals surface area contributed by atoms with E-state index in [1.807, 2.05) is 17.8 Å². The first-order valence-corrected chi connectivity index (χ1v) is 6.50. The Morgan fingerprint density at radius 1 is 1.43 bits per heavy atom. The summed E-state index contributed by atoms with van der Waals surface area (Å²) in [6.45, 7) is 0. The molecule has 1 aliphatic carbocycles. The number of halogens is 1. The van der Waals surface area contributed by atoms with Crippen LogP contribution in [0, 0.1) is 0 Å². The van der Waals surface area contributed by atoms with E-state index in [-0.39, 0.29) is 0 Å². The largest absolute Gasteiger partial charge is 0.397 e. The number of pyridine rings is 1. The van der Waals surface area contributed by atoms with Crippen LogP contribution in [0.25, 0.3) is 0 Å². The topological polar surface area (TPSA) is 38.9 Å². The van der Waals surface area contributed by atoms with Crippen molar-refractivity contribution < 1.29 is 0 Å². The molecule has 1 saturated carbocycles. The van der Waals surface area contributed by atoms with E-state index in [4.69, 9.17) is 5.73 Å². The van der Waals surface area contributed by atoms with Crippen molar-refractivity contribution in [3.8, 4) is 0 Å². The SMILES string of the molecule is Nc1cnc(SC2CCCC2)c(Br)c1. The Bertz CT molecular complexity index is 324. The van der Waals surface area contributed by atoms with Crippen LogP contribution in [0.5, 0.6) is 0 Å². The highest BCUT2D eigenvalue weighted by atomic mass is 79.9. The van der Waals surface area contributed by atoms with Gasteiger partial charge in [-0.25, -0.2) is 4.98 Å². The quantitative estimate of drug-likeness (QED) is 0.896. The van der Waals surface area contributed by atoms with Gasteiger partial charge in [-0.15, -0.1) is 11.8 Å². The Morgan fingerprint density at radius 2 is 2.14 bits per heavy atom. The molecule has 0 bridgehead atoms. The molecule has 0 atom stereocenters. The van der Waals surface area contributed by atoms with E-state index in [1.54, 1.807) is 6.20 Å². The minimum atomic E-state index is 0.715. The molecule has 0 amide bonds. The summed E-state index contributed by atoms with van der Waals surface area (Å²) < 4.78 is 1.02. The zero-order valence-corrected chi connectivity index (χ0v) is 10.3. The summed E-state index contributed by atoms with van der Waals surface area (Å²) in [4.78, 5) is 4.33. The molecule has 0 aromatic carbocycles. The molecule has 0 spiro atoms. The minimum Gasteiger partial charge on any atom is -0.397 e. The zero-order chi connectivity index (χ0) is 9.97. The van der Waals surface area contributed by atoms with Gasteiger partial charge >= 0.3 is 0 Å². The van der Waals surface area contributed by atoms with Gasteiger partial charge in [0.2, 0.25) is 0 Å². The van der Waals surface area contributed by atoms with Gasteiger partial charge in [-0.05, 0) is 34.8 Å². The summed E-state index contributed by atoms with van der Waals surface area (Å²) in [6.07, 6.45) is 7.10. The standard InChI is InChI=1S/C10H13BrN2S/c11-9-5-7(12)6-13-10(9)14-8-3-1-2-4-8/h5-6,8H,1-4,12H2. The highest BCUT2D eigenvalue weighted by molar-refractivity contribution is 9.10. The molecule has 4 heteroatoms. The third kappa shape index (κ3) is 2.42. The van der Waals surface area contributed by atoms with Gasteiger partial charge in [-0.2, -0.15) is 0 Å². The molecule has 0 radical (unpaired) electrons. The van der Waals surface area contributed by atoms with Crippen LogP contribution in [0.3, 0.4) is 0 Å². The average molecular weight is 273 g/mol. The number of nitrogen functional groups attached to an aromatic ring is 1. The number of thioether (sulfide) groups is 1. The molecular weight excluding hydrogens is 260 g/mol. The average Bonchev–Trinajstić information content (AvgIpc) is 2.62. The Kier molecular flexibility index (Phi) is 3.34. The Morgan fingerprint density at radius 3 is 2.79 bits per heavy atom. The van der Waals surface area contributed by atoms with Crippen molar-refractivity contribution >= 4 is 33.4 Å². The number of hydrogen-bond acceptors (Lipinski definition) is 3. The summed E-state index contributed by atoms with van der Waals surface area (Å²) in [5, 5.41) is 1.83. The first-order valence-electron chi connectivity index (χ1n) is 4.83. The van der Waals surface area contributed by atoms with E-state index in [2.05, 4.69) is 20.9 Å². The van der Waals surface area contributed by atoms with Crippen molar-refractivity contribution in [3.63, 3.8) is 0 Å². The molecular formula is C10H13BrN2S.